The summed E-state index contributed by atoms with van der Waals surface area (Å²) in [5, 5.41) is 7.44. The second-order valence-corrected chi connectivity index (χ2v) is 7.83. The van der Waals surface area contributed by atoms with Gasteiger partial charge >= 0.3 is 0 Å². The van der Waals surface area contributed by atoms with Crippen LogP contribution in [0.25, 0.3) is 22.2 Å². The predicted molar refractivity (Wildman–Crippen MR) is 123 cm³/mol. The van der Waals surface area contributed by atoms with Gasteiger partial charge in [0.05, 0.1) is 16.8 Å². The molecule has 2 aromatic carbocycles. The third kappa shape index (κ3) is 4.60. The standard InChI is InChI=1S/C24H28N4O3/c1-5-28-19-14-10-9-13-18(19)21(22(28)17-11-7-6-8-12-17)20(30)15-31-27-23(25)24(3,4)26-16(2)29/h6-14H,5,15H2,1-4H3,(H2,25,27)(H,26,29). The average molecular weight is 421 g/mol. The lowest BCUT2D eigenvalue weighted by Crippen LogP contribution is -2.52. The van der Waals surface area contributed by atoms with Crippen LogP contribution in [0.1, 0.15) is 38.1 Å². The van der Waals surface area contributed by atoms with Crippen molar-refractivity contribution in [1.82, 2.24) is 9.88 Å². The van der Waals surface area contributed by atoms with Gasteiger partial charge in [-0.1, -0.05) is 53.7 Å². The lowest BCUT2D eigenvalue weighted by molar-refractivity contribution is -0.119. The van der Waals surface area contributed by atoms with Crippen molar-refractivity contribution >= 4 is 28.4 Å². The monoisotopic (exact) mass is 420 g/mol. The van der Waals surface area contributed by atoms with Gasteiger partial charge in [-0.3, -0.25) is 9.59 Å². The first-order valence-corrected chi connectivity index (χ1v) is 10.2. The number of Topliss-reactive ketones (excluding diaryl/α,β-unsaturated/α-hetero) is 1. The van der Waals surface area contributed by atoms with Gasteiger partial charge in [-0.2, -0.15) is 0 Å². The van der Waals surface area contributed by atoms with Crippen LogP contribution in [0.15, 0.2) is 59.8 Å². The molecular formula is C24H28N4O3. The first-order chi connectivity index (χ1) is 14.8. The van der Waals surface area contributed by atoms with E-state index in [1.165, 1.54) is 6.92 Å². The van der Waals surface area contributed by atoms with Crippen LogP contribution in [0.5, 0.6) is 0 Å². The Morgan fingerprint density at radius 1 is 1.10 bits per heavy atom. The smallest absolute Gasteiger partial charge is 0.217 e. The number of hydrogen-bond acceptors (Lipinski definition) is 4. The molecule has 0 fully saturated rings. The van der Waals surface area contributed by atoms with Crippen molar-refractivity contribution in [3.63, 3.8) is 0 Å². The molecule has 0 saturated carbocycles. The van der Waals surface area contributed by atoms with E-state index in [2.05, 4.69) is 22.0 Å². The highest BCUT2D eigenvalue weighted by molar-refractivity contribution is 6.14. The molecule has 0 atom stereocenters. The zero-order valence-electron chi connectivity index (χ0n) is 18.3. The number of benzene rings is 2. The number of nitrogens with one attached hydrogen (secondary N) is 1. The fraction of sp³-hybridized carbons (Fsp3) is 0.292. The number of carbonyl (C=O) groups is 2. The van der Waals surface area contributed by atoms with E-state index >= 15 is 0 Å². The third-order valence-corrected chi connectivity index (χ3v) is 5.10. The van der Waals surface area contributed by atoms with Crippen LogP contribution in [-0.4, -0.2) is 34.2 Å². The number of fused-ring (bicyclic) bond motifs is 1. The fourth-order valence-electron chi connectivity index (χ4n) is 3.66. The summed E-state index contributed by atoms with van der Waals surface area (Å²) in [5.74, 6) is -0.356. The zero-order valence-corrected chi connectivity index (χ0v) is 18.3. The molecular weight excluding hydrogens is 392 g/mol. The molecule has 0 aliphatic carbocycles. The number of amides is 1. The topological polar surface area (TPSA) is 98.7 Å². The molecule has 3 N–H and O–H groups in total. The molecule has 0 aliphatic rings. The van der Waals surface area contributed by atoms with Crippen molar-refractivity contribution in [2.75, 3.05) is 6.61 Å². The Hall–Kier alpha value is -3.61. The molecule has 3 aromatic rings. The van der Waals surface area contributed by atoms with E-state index in [9.17, 15) is 9.59 Å². The van der Waals surface area contributed by atoms with Crippen LogP contribution in [0, 0.1) is 0 Å². The number of amidine groups is 1. The summed E-state index contributed by atoms with van der Waals surface area (Å²) in [7, 11) is 0. The van der Waals surface area contributed by atoms with Gasteiger partial charge in [-0.05, 0) is 32.4 Å². The SMILES string of the molecule is CCn1c(-c2ccccc2)c(C(=O)CO/N=C(/N)C(C)(C)NC(C)=O)c2ccccc21. The van der Waals surface area contributed by atoms with Crippen molar-refractivity contribution in [1.29, 1.82) is 0 Å². The number of nitrogens with two attached hydrogens (primary N) is 1. The highest BCUT2D eigenvalue weighted by atomic mass is 16.6. The molecule has 7 nitrogen and oxygen atoms in total. The van der Waals surface area contributed by atoms with Gasteiger partial charge in [0.2, 0.25) is 11.7 Å². The number of oxime groups is 1. The number of para-hydroxylation sites is 1. The summed E-state index contributed by atoms with van der Waals surface area (Å²) in [6, 6.07) is 17.7. The molecule has 7 heteroatoms. The second-order valence-electron chi connectivity index (χ2n) is 7.83. The van der Waals surface area contributed by atoms with Gasteiger partial charge in [-0.15, -0.1) is 0 Å². The molecule has 1 aromatic heterocycles. The van der Waals surface area contributed by atoms with E-state index in [0.29, 0.717) is 5.56 Å². The number of ketones is 1. The number of aromatic nitrogens is 1. The number of rotatable bonds is 8. The molecule has 0 aliphatic heterocycles. The van der Waals surface area contributed by atoms with E-state index in [1.54, 1.807) is 13.8 Å². The Labute approximate surface area is 181 Å². The Morgan fingerprint density at radius 2 is 1.74 bits per heavy atom. The number of aryl methyl sites for hydroxylation is 1. The second kappa shape index (κ2) is 9.04. The van der Waals surface area contributed by atoms with Gasteiger partial charge in [0.1, 0.15) is 0 Å². The highest BCUT2D eigenvalue weighted by Crippen LogP contribution is 2.34. The molecule has 0 unspecified atom stereocenters. The quantitative estimate of drug-likeness (QED) is 0.251. The first kappa shape index (κ1) is 22.1. The maximum Gasteiger partial charge on any atom is 0.217 e. The van der Waals surface area contributed by atoms with Gasteiger partial charge in [0.25, 0.3) is 0 Å². The van der Waals surface area contributed by atoms with Crippen molar-refractivity contribution in [2.45, 2.75) is 39.8 Å². The van der Waals surface area contributed by atoms with Gasteiger partial charge < -0.3 is 20.5 Å². The molecule has 1 amide bonds. The summed E-state index contributed by atoms with van der Waals surface area (Å²) in [5.41, 5.74) is 8.47. The normalized spacial score (nSPS) is 12.1. The molecule has 0 saturated heterocycles. The van der Waals surface area contributed by atoms with E-state index in [4.69, 9.17) is 10.6 Å². The van der Waals surface area contributed by atoms with Crippen molar-refractivity contribution in [2.24, 2.45) is 10.9 Å². The highest BCUT2D eigenvalue weighted by Gasteiger charge is 2.26. The average Bonchev–Trinajstić information content (AvgIpc) is 3.07. The Bertz CT molecular complexity index is 1130. The van der Waals surface area contributed by atoms with Gasteiger partial charge in [-0.25, -0.2) is 0 Å². The van der Waals surface area contributed by atoms with Crippen LogP contribution in [-0.2, 0) is 16.2 Å². The number of hydrogen-bond donors (Lipinski definition) is 2. The van der Waals surface area contributed by atoms with Crippen LogP contribution >= 0.6 is 0 Å². The van der Waals surface area contributed by atoms with Crippen LogP contribution in [0.3, 0.4) is 0 Å². The first-order valence-electron chi connectivity index (χ1n) is 10.2. The molecule has 0 radical (unpaired) electrons. The molecule has 31 heavy (non-hydrogen) atoms. The lowest BCUT2D eigenvalue weighted by atomic mass is 10.0. The maximum atomic E-state index is 13.3. The maximum absolute atomic E-state index is 13.3. The Balaban J connectivity index is 1.96. The largest absolute Gasteiger partial charge is 0.386 e. The number of nitrogens with zero attached hydrogens (tertiary/aromatic N) is 2. The molecule has 162 valence electrons. The third-order valence-electron chi connectivity index (χ3n) is 5.10. The molecule has 0 bridgehead atoms. The van der Waals surface area contributed by atoms with E-state index in [1.807, 2.05) is 54.6 Å². The molecule has 0 spiro atoms. The van der Waals surface area contributed by atoms with Crippen molar-refractivity contribution in [3.05, 3.63) is 60.2 Å². The van der Waals surface area contributed by atoms with E-state index in [0.717, 1.165) is 28.7 Å². The fourth-order valence-corrected chi connectivity index (χ4v) is 3.66. The Kier molecular flexibility index (Phi) is 6.44. The summed E-state index contributed by atoms with van der Waals surface area (Å²) in [6.45, 7) is 7.32. The minimum atomic E-state index is -0.887. The zero-order chi connectivity index (χ0) is 22.6. The summed E-state index contributed by atoms with van der Waals surface area (Å²) >= 11 is 0. The Morgan fingerprint density at radius 3 is 2.39 bits per heavy atom. The van der Waals surface area contributed by atoms with Crippen LogP contribution < -0.4 is 11.1 Å². The summed E-state index contributed by atoms with van der Waals surface area (Å²) in [6.07, 6.45) is 0. The van der Waals surface area contributed by atoms with Crippen LogP contribution in [0.2, 0.25) is 0 Å². The lowest BCUT2D eigenvalue weighted by Gasteiger charge is -2.24. The minimum absolute atomic E-state index is 0.0785. The van der Waals surface area contributed by atoms with E-state index in [-0.39, 0.29) is 24.1 Å². The van der Waals surface area contributed by atoms with Crippen LogP contribution in [0.4, 0.5) is 0 Å². The van der Waals surface area contributed by atoms with Gasteiger partial charge in [0.15, 0.2) is 12.4 Å². The minimum Gasteiger partial charge on any atom is -0.386 e. The molecule has 1 heterocycles. The summed E-state index contributed by atoms with van der Waals surface area (Å²) < 4.78 is 2.13. The predicted octanol–water partition coefficient (Wildman–Crippen LogP) is 3.71. The number of carbonyl (C=O) groups excluding carboxylic acids is 2. The van der Waals surface area contributed by atoms with Crippen molar-refractivity contribution < 1.29 is 14.4 Å². The molecule has 3 rings (SSSR count). The van der Waals surface area contributed by atoms with Crippen molar-refractivity contribution in [3.8, 4) is 11.3 Å². The van der Waals surface area contributed by atoms with E-state index < -0.39 is 5.54 Å². The summed E-state index contributed by atoms with van der Waals surface area (Å²) in [4.78, 5) is 29.9. The van der Waals surface area contributed by atoms with Gasteiger partial charge in [0, 0.05) is 24.4 Å².